The Morgan fingerprint density at radius 3 is 3.00 bits per heavy atom. The van der Waals surface area contributed by atoms with Crippen molar-refractivity contribution in [1.29, 1.82) is 0 Å². The number of hydrogen-bond donors (Lipinski definition) is 1. The van der Waals surface area contributed by atoms with E-state index in [2.05, 4.69) is 15.3 Å². The second-order valence-corrected chi connectivity index (χ2v) is 2.43. The zero-order valence-corrected chi connectivity index (χ0v) is 7.03. The molecule has 0 fully saturated rings. The molecule has 13 heavy (non-hydrogen) atoms. The number of hydrogen-bond acceptors (Lipinski definition) is 3. The monoisotopic (exact) mass is 183 g/mol. The molecule has 0 aromatic carbocycles. The van der Waals surface area contributed by atoms with Gasteiger partial charge in [-0.25, -0.2) is 4.39 Å². The van der Waals surface area contributed by atoms with Gasteiger partial charge in [0.05, 0.1) is 5.69 Å². The number of aromatic nitrogens is 2. The molecular weight excluding hydrogens is 173 g/mol. The van der Waals surface area contributed by atoms with Crippen LogP contribution in [0.2, 0.25) is 0 Å². The van der Waals surface area contributed by atoms with Gasteiger partial charge in [-0.3, -0.25) is 14.8 Å². The van der Waals surface area contributed by atoms with E-state index >= 15 is 0 Å². The summed E-state index contributed by atoms with van der Waals surface area (Å²) in [4.78, 5) is 18.3. The Labute approximate surface area is 75.2 Å². The average molecular weight is 183 g/mol. The van der Waals surface area contributed by atoms with Crippen LogP contribution in [0.25, 0.3) is 0 Å². The van der Waals surface area contributed by atoms with E-state index in [1.54, 1.807) is 18.6 Å². The zero-order valence-electron chi connectivity index (χ0n) is 7.03. The fraction of sp³-hybridized carbons (Fsp3) is 0.375. The molecule has 5 heteroatoms. The minimum absolute atomic E-state index is 0.390. The van der Waals surface area contributed by atoms with Crippen LogP contribution in [-0.4, -0.2) is 29.1 Å². The van der Waals surface area contributed by atoms with E-state index < -0.39 is 12.6 Å². The third-order valence-electron chi connectivity index (χ3n) is 1.44. The van der Waals surface area contributed by atoms with Crippen molar-refractivity contribution in [1.82, 2.24) is 15.3 Å². The molecule has 0 spiro atoms. The van der Waals surface area contributed by atoms with Crippen LogP contribution in [-0.2, 0) is 11.2 Å². The van der Waals surface area contributed by atoms with Crippen molar-refractivity contribution in [2.45, 2.75) is 6.42 Å². The van der Waals surface area contributed by atoms with Crippen LogP contribution in [0.3, 0.4) is 0 Å². The molecule has 1 heterocycles. The Balaban J connectivity index is 2.24. The van der Waals surface area contributed by atoms with Gasteiger partial charge in [0.25, 0.3) is 5.91 Å². The largest absolute Gasteiger partial charge is 0.353 e. The molecule has 0 bridgehead atoms. The molecule has 1 rings (SSSR count). The van der Waals surface area contributed by atoms with E-state index in [-0.39, 0.29) is 0 Å². The van der Waals surface area contributed by atoms with Gasteiger partial charge in [-0.1, -0.05) is 0 Å². The minimum atomic E-state index is -0.972. The number of amides is 1. The lowest BCUT2D eigenvalue weighted by Crippen LogP contribution is -2.27. The summed E-state index contributed by atoms with van der Waals surface area (Å²) in [5.41, 5.74) is 0.779. The van der Waals surface area contributed by atoms with Crippen molar-refractivity contribution >= 4 is 5.91 Å². The molecule has 0 aliphatic carbocycles. The highest BCUT2D eigenvalue weighted by molar-refractivity contribution is 5.76. The van der Waals surface area contributed by atoms with Crippen LogP contribution in [0.15, 0.2) is 18.6 Å². The Hall–Kier alpha value is -1.52. The van der Waals surface area contributed by atoms with Crippen LogP contribution < -0.4 is 5.32 Å². The summed E-state index contributed by atoms with van der Waals surface area (Å²) < 4.78 is 11.7. The fourth-order valence-corrected chi connectivity index (χ4v) is 0.836. The van der Waals surface area contributed by atoms with E-state index in [0.717, 1.165) is 5.69 Å². The number of rotatable bonds is 4. The minimum Gasteiger partial charge on any atom is -0.353 e. The quantitative estimate of drug-likeness (QED) is 0.720. The third kappa shape index (κ3) is 3.59. The maximum Gasteiger partial charge on any atom is 0.251 e. The highest BCUT2D eigenvalue weighted by atomic mass is 19.1. The first kappa shape index (κ1) is 9.57. The normalized spacial score (nSPS) is 9.62. The van der Waals surface area contributed by atoms with Gasteiger partial charge in [-0.05, 0) is 0 Å². The molecular formula is C8H10FN3O. The van der Waals surface area contributed by atoms with E-state index in [9.17, 15) is 9.18 Å². The molecule has 0 atom stereocenters. The summed E-state index contributed by atoms with van der Waals surface area (Å²) in [6, 6.07) is 0. The molecule has 70 valence electrons. The second-order valence-electron chi connectivity index (χ2n) is 2.43. The maximum atomic E-state index is 11.7. The van der Waals surface area contributed by atoms with Gasteiger partial charge in [-0.15, -0.1) is 0 Å². The number of carbonyl (C=O) groups is 1. The van der Waals surface area contributed by atoms with E-state index in [4.69, 9.17) is 0 Å². The van der Waals surface area contributed by atoms with E-state index in [0.29, 0.717) is 13.0 Å². The SMILES string of the molecule is O=C(CF)NCCc1cnccn1. The molecule has 4 nitrogen and oxygen atoms in total. The standard InChI is InChI=1S/C8H10FN3O/c9-5-8(13)12-2-1-7-6-10-3-4-11-7/h3-4,6H,1-2,5H2,(H,12,13). The molecule has 0 saturated carbocycles. The summed E-state index contributed by atoms with van der Waals surface area (Å²) in [5.74, 6) is -0.594. The smallest absolute Gasteiger partial charge is 0.251 e. The van der Waals surface area contributed by atoms with Crippen molar-refractivity contribution in [2.75, 3.05) is 13.2 Å². The molecule has 0 aliphatic rings. The van der Waals surface area contributed by atoms with Crippen molar-refractivity contribution in [3.05, 3.63) is 24.3 Å². The van der Waals surface area contributed by atoms with E-state index in [1.165, 1.54) is 0 Å². The Morgan fingerprint density at radius 1 is 1.54 bits per heavy atom. The highest BCUT2D eigenvalue weighted by Crippen LogP contribution is 1.89. The first-order valence-corrected chi connectivity index (χ1v) is 3.90. The zero-order chi connectivity index (χ0) is 9.52. The van der Waals surface area contributed by atoms with Crippen LogP contribution in [0.4, 0.5) is 4.39 Å². The van der Waals surface area contributed by atoms with Gasteiger partial charge in [0.1, 0.15) is 0 Å². The summed E-state index contributed by atoms with van der Waals surface area (Å²) in [5, 5.41) is 2.40. The van der Waals surface area contributed by atoms with Crippen LogP contribution in [0, 0.1) is 0 Å². The molecule has 0 aliphatic heterocycles. The molecule has 0 radical (unpaired) electrons. The van der Waals surface area contributed by atoms with E-state index in [1.807, 2.05) is 0 Å². The van der Waals surface area contributed by atoms with Crippen molar-refractivity contribution in [3.8, 4) is 0 Å². The molecule has 1 N–H and O–H groups in total. The van der Waals surface area contributed by atoms with Gasteiger partial charge in [-0.2, -0.15) is 0 Å². The molecule has 0 saturated heterocycles. The van der Waals surface area contributed by atoms with Gasteiger partial charge >= 0.3 is 0 Å². The van der Waals surface area contributed by atoms with Gasteiger partial charge in [0.2, 0.25) is 0 Å². The highest BCUT2D eigenvalue weighted by Gasteiger charge is 1.98. The Kier molecular flexibility index (Phi) is 3.81. The van der Waals surface area contributed by atoms with Gasteiger partial charge < -0.3 is 5.32 Å². The van der Waals surface area contributed by atoms with Crippen molar-refractivity contribution < 1.29 is 9.18 Å². The number of nitrogens with zero attached hydrogens (tertiary/aromatic N) is 2. The number of alkyl halides is 1. The lowest BCUT2D eigenvalue weighted by atomic mass is 10.3. The molecule has 1 amide bonds. The Morgan fingerprint density at radius 2 is 2.38 bits per heavy atom. The first-order valence-electron chi connectivity index (χ1n) is 3.90. The molecule has 1 aromatic rings. The van der Waals surface area contributed by atoms with Gasteiger partial charge in [0.15, 0.2) is 6.67 Å². The number of carbonyl (C=O) groups excluding carboxylic acids is 1. The fourth-order valence-electron chi connectivity index (χ4n) is 0.836. The predicted octanol–water partition coefficient (Wildman–Crippen LogP) is 0.105. The number of nitrogens with one attached hydrogen (secondary N) is 1. The summed E-state index contributed by atoms with van der Waals surface area (Å²) in [6.45, 7) is -0.581. The third-order valence-corrected chi connectivity index (χ3v) is 1.44. The predicted molar refractivity (Wildman–Crippen MR) is 44.7 cm³/mol. The topological polar surface area (TPSA) is 54.9 Å². The van der Waals surface area contributed by atoms with Crippen molar-refractivity contribution in [3.63, 3.8) is 0 Å². The van der Waals surface area contributed by atoms with Crippen molar-refractivity contribution in [2.24, 2.45) is 0 Å². The first-order chi connectivity index (χ1) is 6.33. The maximum absolute atomic E-state index is 11.7. The van der Waals surface area contributed by atoms with Gasteiger partial charge in [0, 0.05) is 31.6 Å². The van der Waals surface area contributed by atoms with Crippen LogP contribution in [0.1, 0.15) is 5.69 Å². The lowest BCUT2D eigenvalue weighted by molar-refractivity contribution is -0.121. The summed E-state index contributed by atoms with van der Waals surface area (Å²) in [6.07, 6.45) is 5.33. The van der Waals surface area contributed by atoms with Crippen LogP contribution >= 0.6 is 0 Å². The second kappa shape index (κ2) is 5.18. The summed E-state index contributed by atoms with van der Waals surface area (Å²) in [7, 11) is 0. The molecule has 1 aromatic heterocycles. The lowest BCUT2D eigenvalue weighted by Gasteiger charge is -2.00. The summed E-state index contributed by atoms with van der Waals surface area (Å²) >= 11 is 0. The average Bonchev–Trinajstić information content (AvgIpc) is 2.19. The number of halogens is 1. The van der Waals surface area contributed by atoms with Crippen LogP contribution in [0.5, 0.6) is 0 Å². The molecule has 0 unspecified atom stereocenters. The Bertz CT molecular complexity index is 265.